The van der Waals surface area contributed by atoms with E-state index in [0.29, 0.717) is 12.1 Å². The maximum absolute atomic E-state index is 5.48. The number of hydrogen-bond donors (Lipinski definition) is 1. The molecule has 0 amide bonds. The largest absolute Gasteiger partial charge is 0.381 e. The molecule has 1 aliphatic rings. The van der Waals surface area contributed by atoms with Gasteiger partial charge in [0.15, 0.2) is 0 Å². The molecule has 1 aromatic heterocycles. The van der Waals surface area contributed by atoms with Crippen molar-refractivity contribution in [3.8, 4) is 0 Å². The lowest BCUT2D eigenvalue weighted by Crippen LogP contribution is -2.50. The van der Waals surface area contributed by atoms with Gasteiger partial charge in [0.2, 0.25) is 0 Å². The molecule has 1 heterocycles. The van der Waals surface area contributed by atoms with E-state index in [0.717, 1.165) is 25.2 Å². The molecule has 2 rings (SSSR count). The van der Waals surface area contributed by atoms with Crippen molar-refractivity contribution in [1.82, 2.24) is 14.9 Å². The van der Waals surface area contributed by atoms with Gasteiger partial charge in [0, 0.05) is 31.3 Å². The average molecular weight is 237 g/mol. The Hall–Kier alpha value is -0.870. The van der Waals surface area contributed by atoms with Gasteiger partial charge >= 0.3 is 0 Å². The molecule has 1 N–H and O–H groups in total. The highest BCUT2D eigenvalue weighted by atomic mass is 16.5. The zero-order chi connectivity index (χ0) is 12.5. The number of rotatable bonds is 5. The predicted molar refractivity (Wildman–Crippen MR) is 67.8 cm³/mol. The second kappa shape index (κ2) is 4.78. The molecule has 0 spiro atoms. The zero-order valence-corrected chi connectivity index (χ0v) is 11.2. The molecule has 96 valence electrons. The summed E-state index contributed by atoms with van der Waals surface area (Å²) in [5, 5.41) is 3.29. The minimum atomic E-state index is 0.199. The van der Waals surface area contributed by atoms with Crippen molar-refractivity contribution in [2.75, 3.05) is 13.7 Å². The Morgan fingerprint density at radius 3 is 2.94 bits per heavy atom. The minimum absolute atomic E-state index is 0.199. The van der Waals surface area contributed by atoms with Crippen molar-refractivity contribution < 1.29 is 4.74 Å². The van der Waals surface area contributed by atoms with E-state index in [-0.39, 0.29) is 5.41 Å². The van der Waals surface area contributed by atoms with Gasteiger partial charge < -0.3 is 14.6 Å². The lowest BCUT2D eigenvalue weighted by Gasteiger charge is -2.51. The fraction of sp³-hybridized carbons (Fsp3) is 0.769. The van der Waals surface area contributed by atoms with Crippen LogP contribution in [0.1, 0.15) is 38.9 Å². The van der Waals surface area contributed by atoms with Crippen LogP contribution in [-0.2, 0) is 11.3 Å². The fourth-order valence-corrected chi connectivity index (χ4v) is 2.66. The summed E-state index contributed by atoms with van der Waals surface area (Å²) in [6.07, 6.45) is 5.55. The van der Waals surface area contributed by atoms with Crippen molar-refractivity contribution in [3.05, 3.63) is 18.2 Å². The monoisotopic (exact) mass is 237 g/mol. The van der Waals surface area contributed by atoms with Crippen LogP contribution in [0.3, 0.4) is 0 Å². The van der Waals surface area contributed by atoms with Crippen LogP contribution in [0.4, 0.5) is 0 Å². The highest BCUT2D eigenvalue weighted by Gasteiger charge is 2.49. The lowest BCUT2D eigenvalue weighted by atomic mass is 9.64. The Balaban J connectivity index is 2.02. The van der Waals surface area contributed by atoms with Crippen molar-refractivity contribution in [2.24, 2.45) is 5.41 Å². The normalized spacial score (nSPS) is 26.8. The predicted octanol–water partition coefficient (Wildman–Crippen LogP) is 1.98. The Labute approximate surface area is 103 Å². The Bertz CT molecular complexity index is 372. The molecule has 1 saturated carbocycles. The number of methoxy groups -OCH3 is 1. The number of nitrogens with one attached hydrogen (secondary N) is 1. The van der Waals surface area contributed by atoms with Crippen LogP contribution in [-0.4, -0.2) is 29.3 Å². The summed E-state index contributed by atoms with van der Waals surface area (Å²) in [6.45, 7) is 8.46. The highest BCUT2D eigenvalue weighted by molar-refractivity contribution is 5.06. The third-order valence-electron chi connectivity index (χ3n) is 3.98. The number of aromatic nitrogens is 2. The van der Waals surface area contributed by atoms with Crippen LogP contribution in [0.25, 0.3) is 0 Å². The molecule has 2 unspecified atom stereocenters. The summed E-state index contributed by atoms with van der Waals surface area (Å²) >= 11 is 0. The summed E-state index contributed by atoms with van der Waals surface area (Å²) in [5.74, 6) is 0. The molecule has 0 radical (unpaired) electrons. The van der Waals surface area contributed by atoms with Gasteiger partial charge in [-0.15, -0.1) is 0 Å². The maximum Gasteiger partial charge on any atom is 0.0952 e. The smallest absolute Gasteiger partial charge is 0.0952 e. The topological polar surface area (TPSA) is 39.1 Å². The molecule has 0 saturated heterocycles. The van der Waals surface area contributed by atoms with Gasteiger partial charge in [-0.05, 0) is 13.0 Å². The van der Waals surface area contributed by atoms with Gasteiger partial charge in [-0.3, -0.25) is 0 Å². The van der Waals surface area contributed by atoms with Gasteiger partial charge in [0.05, 0.1) is 18.1 Å². The van der Waals surface area contributed by atoms with Gasteiger partial charge in [0.25, 0.3) is 0 Å². The first-order valence-corrected chi connectivity index (χ1v) is 6.35. The van der Waals surface area contributed by atoms with Gasteiger partial charge in [-0.1, -0.05) is 20.8 Å². The lowest BCUT2D eigenvalue weighted by molar-refractivity contribution is -0.112. The van der Waals surface area contributed by atoms with Crippen LogP contribution >= 0.6 is 0 Å². The Morgan fingerprint density at radius 2 is 2.35 bits per heavy atom. The standard InChI is InChI=1S/C13H23N3O/c1-5-14-7-10-8-16(9-15-10)11-6-12(17-4)13(11,2)3/h8-9,11-12,14H,5-7H2,1-4H3. The van der Waals surface area contributed by atoms with Gasteiger partial charge in [-0.25, -0.2) is 4.98 Å². The molecule has 17 heavy (non-hydrogen) atoms. The zero-order valence-electron chi connectivity index (χ0n) is 11.2. The third-order valence-corrected chi connectivity index (χ3v) is 3.98. The van der Waals surface area contributed by atoms with Gasteiger partial charge in [-0.2, -0.15) is 0 Å². The summed E-state index contributed by atoms with van der Waals surface area (Å²) in [7, 11) is 1.80. The number of ether oxygens (including phenoxy) is 1. The second-order valence-corrected chi connectivity index (χ2v) is 5.39. The van der Waals surface area contributed by atoms with Crippen LogP contribution in [0.15, 0.2) is 12.5 Å². The molecule has 0 aromatic carbocycles. The van der Waals surface area contributed by atoms with Crippen molar-refractivity contribution >= 4 is 0 Å². The Morgan fingerprint density at radius 1 is 1.59 bits per heavy atom. The van der Waals surface area contributed by atoms with E-state index < -0.39 is 0 Å². The highest BCUT2D eigenvalue weighted by Crippen LogP contribution is 2.50. The third kappa shape index (κ3) is 2.24. The summed E-state index contributed by atoms with van der Waals surface area (Å²) in [5.41, 5.74) is 1.31. The van der Waals surface area contributed by atoms with Crippen LogP contribution in [0, 0.1) is 5.41 Å². The Kier molecular flexibility index (Phi) is 3.54. The molecular weight excluding hydrogens is 214 g/mol. The minimum Gasteiger partial charge on any atom is -0.381 e. The number of nitrogens with zero attached hydrogens (tertiary/aromatic N) is 2. The SMILES string of the molecule is CCNCc1cn(C2CC(OC)C2(C)C)cn1. The average Bonchev–Trinajstić information content (AvgIpc) is 2.74. The van der Waals surface area contributed by atoms with E-state index in [2.05, 4.69) is 41.8 Å². The van der Waals surface area contributed by atoms with E-state index in [9.17, 15) is 0 Å². The second-order valence-electron chi connectivity index (χ2n) is 5.39. The van der Waals surface area contributed by atoms with Crippen molar-refractivity contribution in [3.63, 3.8) is 0 Å². The molecule has 1 fully saturated rings. The fourth-order valence-electron chi connectivity index (χ4n) is 2.66. The molecule has 1 aliphatic carbocycles. The molecular formula is C13H23N3O. The molecule has 4 heteroatoms. The first-order valence-electron chi connectivity index (χ1n) is 6.35. The number of imidazole rings is 1. The van der Waals surface area contributed by atoms with Crippen LogP contribution < -0.4 is 5.32 Å². The summed E-state index contributed by atoms with van der Waals surface area (Å²) in [4.78, 5) is 4.43. The van der Waals surface area contributed by atoms with E-state index in [4.69, 9.17) is 4.74 Å². The molecule has 0 bridgehead atoms. The van der Waals surface area contributed by atoms with E-state index in [1.165, 1.54) is 0 Å². The van der Waals surface area contributed by atoms with Gasteiger partial charge in [0.1, 0.15) is 0 Å². The quantitative estimate of drug-likeness (QED) is 0.851. The van der Waals surface area contributed by atoms with Crippen molar-refractivity contribution in [1.29, 1.82) is 0 Å². The van der Waals surface area contributed by atoms with E-state index in [1.54, 1.807) is 7.11 Å². The van der Waals surface area contributed by atoms with E-state index in [1.807, 2.05) is 6.33 Å². The summed E-state index contributed by atoms with van der Waals surface area (Å²) in [6, 6.07) is 0.510. The number of hydrogen-bond acceptors (Lipinski definition) is 3. The first kappa shape index (κ1) is 12.6. The van der Waals surface area contributed by atoms with Crippen molar-refractivity contribution in [2.45, 2.75) is 45.9 Å². The van der Waals surface area contributed by atoms with Crippen LogP contribution in [0.2, 0.25) is 0 Å². The van der Waals surface area contributed by atoms with E-state index >= 15 is 0 Å². The maximum atomic E-state index is 5.48. The molecule has 4 nitrogen and oxygen atoms in total. The molecule has 2 atom stereocenters. The molecule has 0 aliphatic heterocycles. The molecule has 1 aromatic rings. The van der Waals surface area contributed by atoms with Crippen LogP contribution in [0.5, 0.6) is 0 Å². The first-order chi connectivity index (χ1) is 8.09. The summed E-state index contributed by atoms with van der Waals surface area (Å²) < 4.78 is 7.72.